The molecule has 0 spiro atoms. The zero-order valence-electron chi connectivity index (χ0n) is 18.9. The van der Waals surface area contributed by atoms with Crippen molar-refractivity contribution in [2.24, 2.45) is 17.0 Å². The Morgan fingerprint density at radius 1 is 0.972 bits per heavy atom. The first-order chi connectivity index (χ1) is 16.8. The SMILES string of the molecule is NS(=O)(=O)c1ccc(C(=O)N2CC3CN(C(=O)CCc4ccc(OC(F)(F)F)cc4F)CC3C2)cc1. The van der Waals surface area contributed by atoms with Crippen molar-refractivity contribution < 1.29 is 40.3 Å². The highest BCUT2D eigenvalue weighted by atomic mass is 32.2. The molecule has 36 heavy (non-hydrogen) atoms. The van der Waals surface area contributed by atoms with E-state index in [1.165, 1.54) is 30.3 Å². The summed E-state index contributed by atoms with van der Waals surface area (Å²) < 4.78 is 77.4. The second-order valence-corrected chi connectivity index (χ2v) is 10.5. The van der Waals surface area contributed by atoms with Crippen LogP contribution < -0.4 is 9.88 Å². The molecule has 2 aromatic rings. The van der Waals surface area contributed by atoms with Crippen LogP contribution in [0.5, 0.6) is 5.75 Å². The minimum absolute atomic E-state index is 0.00508. The van der Waals surface area contributed by atoms with Crippen molar-refractivity contribution in [3.05, 3.63) is 59.4 Å². The quantitative estimate of drug-likeness (QED) is 0.579. The first-order valence-electron chi connectivity index (χ1n) is 11.0. The lowest BCUT2D eigenvalue weighted by Crippen LogP contribution is -2.35. The van der Waals surface area contributed by atoms with Crippen LogP contribution in [0.1, 0.15) is 22.3 Å². The van der Waals surface area contributed by atoms with Gasteiger partial charge in [0.1, 0.15) is 11.6 Å². The third-order valence-electron chi connectivity index (χ3n) is 6.42. The fourth-order valence-electron chi connectivity index (χ4n) is 4.66. The van der Waals surface area contributed by atoms with Gasteiger partial charge in [-0.15, -0.1) is 13.2 Å². The highest BCUT2D eigenvalue weighted by Gasteiger charge is 2.43. The van der Waals surface area contributed by atoms with E-state index in [0.29, 0.717) is 37.8 Å². The summed E-state index contributed by atoms with van der Waals surface area (Å²) in [4.78, 5) is 28.7. The predicted octanol–water partition coefficient (Wildman–Crippen LogP) is 2.53. The number of benzene rings is 2. The van der Waals surface area contributed by atoms with E-state index in [-0.39, 0.29) is 47.0 Å². The van der Waals surface area contributed by atoms with E-state index < -0.39 is 28.0 Å². The summed E-state index contributed by atoms with van der Waals surface area (Å²) in [5.41, 5.74) is 0.450. The third kappa shape index (κ3) is 5.95. The van der Waals surface area contributed by atoms with Crippen LogP contribution in [0, 0.1) is 17.7 Å². The van der Waals surface area contributed by atoms with Crippen molar-refractivity contribution in [1.82, 2.24) is 9.80 Å². The van der Waals surface area contributed by atoms with Crippen LogP contribution in [0.15, 0.2) is 47.4 Å². The molecule has 13 heteroatoms. The molecule has 0 saturated carbocycles. The van der Waals surface area contributed by atoms with Gasteiger partial charge in [-0.3, -0.25) is 9.59 Å². The average Bonchev–Trinajstić information content (AvgIpc) is 3.36. The molecule has 0 aliphatic carbocycles. The fourth-order valence-corrected chi connectivity index (χ4v) is 5.18. The summed E-state index contributed by atoms with van der Waals surface area (Å²) in [6.45, 7) is 1.77. The van der Waals surface area contributed by atoms with Gasteiger partial charge in [0.15, 0.2) is 0 Å². The van der Waals surface area contributed by atoms with Crippen molar-refractivity contribution in [3.8, 4) is 5.75 Å². The zero-order valence-corrected chi connectivity index (χ0v) is 19.7. The van der Waals surface area contributed by atoms with Crippen LogP contribution in [0.25, 0.3) is 0 Å². The van der Waals surface area contributed by atoms with Gasteiger partial charge in [0.2, 0.25) is 15.9 Å². The lowest BCUT2D eigenvalue weighted by Gasteiger charge is -2.22. The minimum atomic E-state index is -4.92. The van der Waals surface area contributed by atoms with Crippen LogP contribution in [0.2, 0.25) is 0 Å². The summed E-state index contributed by atoms with van der Waals surface area (Å²) >= 11 is 0. The van der Waals surface area contributed by atoms with E-state index in [2.05, 4.69) is 4.74 Å². The Morgan fingerprint density at radius 2 is 1.56 bits per heavy atom. The monoisotopic (exact) mass is 529 g/mol. The van der Waals surface area contributed by atoms with Crippen molar-refractivity contribution in [2.45, 2.75) is 24.1 Å². The van der Waals surface area contributed by atoms with E-state index >= 15 is 0 Å². The predicted molar refractivity (Wildman–Crippen MR) is 119 cm³/mol. The molecule has 2 aliphatic rings. The molecule has 2 N–H and O–H groups in total. The maximum Gasteiger partial charge on any atom is 0.573 e. The van der Waals surface area contributed by atoms with Gasteiger partial charge in [-0.2, -0.15) is 0 Å². The van der Waals surface area contributed by atoms with Gasteiger partial charge in [0.25, 0.3) is 5.91 Å². The third-order valence-corrected chi connectivity index (χ3v) is 7.35. The van der Waals surface area contributed by atoms with Crippen molar-refractivity contribution >= 4 is 21.8 Å². The molecule has 2 fully saturated rings. The summed E-state index contributed by atoms with van der Waals surface area (Å²) in [6.07, 6.45) is -4.90. The van der Waals surface area contributed by atoms with Gasteiger partial charge in [0, 0.05) is 56.1 Å². The minimum Gasteiger partial charge on any atom is -0.406 e. The molecule has 8 nitrogen and oxygen atoms in total. The molecular weight excluding hydrogens is 506 g/mol. The van der Waals surface area contributed by atoms with Gasteiger partial charge < -0.3 is 14.5 Å². The number of amides is 2. The number of carbonyl (C=O) groups is 2. The van der Waals surface area contributed by atoms with Gasteiger partial charge in [0.05, 0.1) is 4.90 Å². The van der Waals surface area contributed by atoms with Gasteiger partial charge in [-0.1, -0.05) is 6.07 Å². The topological polar surface area (TPSA) is 110 Å². The maximum atomic E-state index is 14.1. The number of halogens is 4. The molecule has 0 aromatic heterocycles. The number of nitrogens with two attached hydrogens (primary N) is 1. The number of likely N-dealkylation sites (tertiary alicyclic amines) is 2. The molecule has 2 unspecified atom stereocenters. The first kappa shape index (κ1) is 25.9. The van der Waals surface area contributed by atoms with E-state index in [1.807, 2.05) is 0 Å². The molecule has 2 heterocycles. The van der Waals surface area contributed by atoms with Crippen LogP contribution in [-0.2, 0) is 21.2 Å². The van der Waals surface area contributed by atoms with Crippen molar-refractivity contribution in [2.75, 3.05) is 26.2 Å². The Bertz CT molecular complexity index is 1250. The largest absolute Gasteiger partial charge is 0.573 e. The number of nitrogens with zero attached hydrogens (tertiary/aromatic N) is 2. The van der Waals surface area contributed by atoms with Gasteiger partial charge >= 0.3 is 6.36 Å². The van der Waals surface area contributed by atoms with E-state index in [0.717, 1.165) is 6.07 Å². The summed E-state index contributed by atoms with van der Waals surface area (Å²) in [7, 11) is -3.85. The van der Waals surface area contributed by atoms with Gasteiger partial charge in [-0.05, 0) is 42.3 Å². The molecule has 194 valence electrons. The Balaban J connectivity index is 1.28. The maximum absolute atomic E-state index is 14.1. The number of aryl methyl sites for hydroxylation is 1. The van der Waals surface area contributed by atoms with Crippen LogP contribution in [0.3, 0.4) is 0 Å². The number of rotatable bonds is 6. The van der Waals surface area contributed by atoms with E-state index in [4.69, 9.17) is 5.14 Å². The van der Waals surface area contributed by atoms with Crippen LogP contribution in [-0.4, -0.2) is 62.6 Å². The number of sulfonamides is 1. The molecule has 2 atom stereocenters. The molecule has 2 aromatic carbocycles. The fraction of sp³-hybridized carbons (Fsp3) is 0.391. The molecule has 2 amide bonds. The van der Waals surface area contributed by atoms with Crippen molar-refractivity contribution in [1.29, 1.82) is 0 Å². The Hall–Kier alpha value is -3.19. The number of primary sulfonamides is 1. The summed E-state index contributed by atoms with van der Waals surface area (Å²) in [5.74, 6) is -1.82. The molecule has 4 rings (SSSR count). The smallest absolute Gasteiger partial charge is 0.406 e. The second-order valence-electron chi connectivity index (χ2n) is 8.90. The van der Waals surface area contributed by atoms with E-state index in [9.17, 15) is 35.6 Å². The number of carbonyl (C=O) groups excluding carboxylic acids is 2. The first-order valence-corrected chi connectivity index (χ1v) is 12.6. The molecular formula is C23H23F4N3O5S. The standard InChI is InChI=1S/C23H23F4N3O5S/c24-20-9-18(35-23(25,26)27)5-1-14(20)4-8-21(31)29-10-16-12-30(13-17(16)11-29)22(32)15-2-6-19(7-3-15)36(28,33)34/h1-3,5-7,9,16-17H,4,8,10-13H2,(H2,28,33,34). The number of hydrogen-bond donors (Lipinski definition) is 1. The Kier molecular flexibility index (Phi) is 6.97. The average molecular weight is 530 g/mol. The lowest BCUT2D eigenvalue weighted by molar-refractivity contribution is -0.274. The molecule has 0 bridgehead atoms. The van der Waals surface area contributed by atoms with Gasteiger partial charge in [-0.25, -0.2) is 17.9 Å². The second kappa shape index (κ2) is 9.69. The normalized spacial score (nSPS) is 19.9. The number of alkyl halides is 3. The number of hydrogen-bond acceptors (Lipinski definition) is 5. The lowest BCUT2D eigenvalue weighted by atomic mass is 10.0. The Labute approximate surface area is 204 Å². The number of ether oxygens (including phenoxy) is 1. The molecule has 2 saturated heterocycles. The Morgan fingerprint density at radius 3 is 2.08 bits per heavy atom. The summed E-state index contributed by atoms with van der Waals surface area (Å²) in [5, 5.41) is 5.08. The molecule has 0 radical (unpaired) electrons. The zero-order chi connectivity index (χ0) is 26.3. The highest BCUT2D eigenvalue weighted by Crippen LogP contribution is 2.32. The molecule has 2 aliphatic heterocycles. The number of fused-ring (bicyclic) bond motifs is 1. The summed E-state index contributed by atoms with van der Waals surface area (Å²) in [6, 6.07) is 8.19. The van der Waals surface area contributed by atoms with Crippen LogP contribution >= 0.6 is 0 Å². The van der Waals surface area contributed by atoms with Crippen molar-refractivity contribution in [3.63, 3.8) is 0 Å². The highest BCUT2D eigenvalue weighted by molar-refractivity contribution is 7.89. The van der Waals surface area contributed by atoms with E-state index in [1.54, 1.807) is 9.80 Å². The van der Waals surface area contributed by atoms with Crippen LogP contribution in [0.4, 0.5) is 17.6 Å².